The van der Waals surface area contributed by atoms with Gasteiger partial charge in [0.2, 0.25) is 0 Å². The fourth-order valence-corrected chi connectivity index (χ4v) is 1.81. The molecule has 0 spiro atoms. The van der Waals surface area contributed by atoms with Crippen LogP contribution in [0.2, 0.25) is 5.15 Å². The zero-order valence-electron chi connectivity index (χ0n) is 9.91. The molecule has 1 amide bonds. The molecule has 5 nitrogen and oxygen atoms in total. The SMILES string of the molecule is CCNC(=O)c1cnn2c(C)c(C)c(Cl)nc12. The molecule has 17 heavy (non-hydrogen) atoms. The fraction of sp³-hybridized carbons (Fsp3) is 0.364. The maximum absolute atomic E-state index is 11.8. The molecule has 0 atom stereocenters. The minimum absolute atomic E-state index is 0.186. The van der Waals surface area contributed by atoms with Gasteiger partial charge in [0.1, 0.15) is 10.7 Å². The molecule has 6 heteroatoms. The van der Waals surface area contributed by atoms with Crippen molar-refractivity contribution >= 4 is 23.2 Å². The molecule has 0 fully saturated rings. The highest BCUT2D eigenvalue weighted by atomic mass is 35.5. The first kappa shape index (κ1) is 11.9. The molecule has 1 N–H and O–H groups in total. The molecule has 0 radical (unpaired) electrons. The molecule has 2 heterocycles. The third-order valence-corrected chi connectivity index (χ3v) is 3.07. The van der Waals surface area contributed by atoms with Gasteiger partial charge in [-0.1, -0.05) is 11.6 Å². The van der Waals surface area contributed by atoms with Crippen LogP contribution >= 0.6 is 11.6 Å². The van der Waals surface area contributed by atoms with Gasteiger partial charge in [-0.2, -0.15) is 5.10 Å². The molecule has 0 aliphatic rings. The minimum Gasteiger partial charge on any atom is -0.352 e. The third-order valence-electron chi connectivity index (χ3n) is 2.70. The van der Waals surface area contributed by atoms with Crippen molar-refractivity contribution in [3.05, 3.63) is 28.2 Å². The van der Waals surface area contributed by atoms with Crippen LogP contribution in [0, 0.1) is 13.8 Å². The van der Waals surface area contributed by atoms with Gasteiger partial charge in [0.25, 0.3) is 5.91 Å². The fourth-order valence-electron chi connectivity index (χ4n) is 1.60. The molecule has 0 unspecified atom stereocenters. The molecule has 90 valence electrons. The van der Waals surface area contributed by atoms with Crippen molar-refractivity contribution in [2.75, 3.05) is 6.54 Å². The highest BCUT2D eigenvalue weighted by molar-refractivity contribution is 6.30. The van der Waals surface area contributed by atoms with Crippen LogP contribution in [-0.2, 0) is 0 Å². The second-order valence-electron chi connectivity index (χ2n) is 3.77. The standard InChI is InChI=1S/C11H13ClN4O/c1-4-13-11(17)8-5-14-16-7(3)6(2)9(12)15-10(8)16/h5H,4H2,1-3H3,(H,13,17). The average Bonchev–Trinajstić information content (AvgIpc) is 2.70. The van der Waals surface area contributed by atoms with Gasteiger partial charge in [0.15, 0.2) is 5.65 Å². The smallest absolute Gasteiger partial charge is 0.256 e. The molecular weight excluding hydrogens is 240 g/mol. The summed E-state index contributed by atoms with van der Waals surface area (Å²) in [7, 11) is 0. The Kier molecular flexibility index (Phi) is 3.02. The van der Waals surface area contributed by atoms with Crippen LogP contribution in [0.4, 0.5) is 0 Å². The lowest BCUT2D eigenvalue weighted by atomic mass is 10.2. The van der Waals surface area contributed by atoms with Crippen molar-refractivity contribution < 1.29 is 4.79 Å². The van der Waals surface area contributed by atoms with Crippen LogP contribution in [0.3, 0.4) is 0 Å². The number of nitrogens with zero attached hydrogens (tertiary/aromatic N) is 3. The van der Waals surface area contributed by atoms with Crippen LogP contribution in [0.15, 0.2) is 6.20 Å². The van der Waals surface area contributed by atoms with Gasteiger partial charge in [0.05, 0.1) is 6.20 Å². The zero-order chi connectivity index (χ0) is 12.6. The Hall–Kier alpha value is -1.62. The van der Waals surface area contributed by atoms with Crippen LogP contribution in [0.1, 0.15) is 28.5 Å². The number of fused-ring (bicyclic) bond motifs is 1. The molecule has 0 aromatic carbocycles. The van der Waals surface area contributed by atoms with Gasteiger partial charge in [-0.05, 0) is 20.8 Å². The Bertz CT molecular complexity index is 591. The Morgan fingerprint density at radius 2 is 2.24 bits per heavy atom. The molecule has 0 saturated carbocycles. The normalized spacial score (nSPS) is 10.8. The van der Waals surface area contributed by atoms with E-state index in [1.54, 1.807) is 4.52 Å². The van der Waals surface area contributed by atoms with Gasteiger partial charge in [-0.3, -0.25) is 4.79 Å². The van der Waals surface area contributed by atoms with E-state index in [0.29, 0.717) is 22.9 Å². The number of aryl methyl sites for hydroxylation is 1. The van der Waals surface area contributed by atoms with Crippen LogP contribution in [0.25, 0.3) is 5.65 Å². The lowest BCUT2D eigenvalue weighted by molar-refractivity contribution is 0.0957. The van der Waals surface area contributed by atoms with E-state index in [9.17, 15) is 4.79 Å². The van der Waals surface area contributed by atoms with E-state index >= 15 is 0 Å². The summed E-state index contributed by atoms with van der Waals surface area (Å²) in [4.78, 5) is 16.0. The lowest BCUT2D eigenvalue weighted by Gasteiger charge is -2.05. The number of carbonyl (C=O) groups is 1. The summed E-state index contributed by atoms with van der Waals surface area (Å²) in [5.74, 6) is -0.186. The highest BCUT2D eigenvalue weighted by Gasteiger charge is 2.16. The maximum atomic E-state index is 11.8. The van der Waals surface area contributed by atoms with Gasteiger partial charge in [-0.25, -0.2) is 9.50 Å². The quantitative estimate of drug-likeness (QED) is 0.829. The summed E-state index contributed by atoms with van der Waals surface area (Å²) in [6.45, 7) is 6.19. The molecule has 0 aliphatic heterocycles. The molecule has 2 aromatic rings. The van der Waals surface area contributed by atoms with Gasteiger partial charge < -0.3 is 5.32 Å². The van der Waals surface area contributed by atoms with Gasteiger partial charge >= 0.3 is 0 Å². The van der Waals surface area contributed by atoms with E-state index in [1.807, 2.05) is 20.8 Å². The summed E-state index contributed by atoms with van der Waals surface area (Å²) < 4.78 is 1.63. The van der Waals surface area contributed by atoms with Crippen LogP contribution < -0.4 is 5.32 Å². The zero-order valence-corrected chi connectivity index (χ0v) is 10.7. The molecular formula is C11H13ClN4O. The van der Waals surface area contributed by atoms with Crippen molar-refractivity contribution in [3.63, 3.8) is 0 Å². The van der Waals surface area contributed by atoms with Gasteiger partial charge in [0, 0.05) is 17.8 Å². The van der Waals surface area contributed by atoms with Crippen molar-refractivity contribution in [1.82, 2.24) is 19.9 Å². The summed E-state index contributed by atoms with van der Waals surface area (Å²) in [6.07, 6.45) is 1.51. The van der Waals surface area contributed by atoms with E-state index in [4.69, 9.17) is 11.6 Å². The topological polar surface area (TPSA) is 59.3 Å². The number of amides is 1. The van der Waals surface area contributed by atoms with Crippen LogP contribution in [0.5, 0.6) is 0 Å². The molecule has 0 aliphatic carbocycles. The maximum Gasteiger partial charge on any atom is 0.256 e. The third kappa shape index (κ3) is 1.86. The first-order valence-corrected chi connectivity index (χ1v) is 5.72. The number of hydrogen-bond donors (Lipinski definition) is 1. The molecule has 2 aromatic heterocycles. The predicted molar refractivity (Wildman–Crippen MR) is 65.5 cm³/mol. The first-order valence-electron chi connectivity index (χ1n) is 5.35. The lowest BCUT2D eigenvalue weighted by Crippen LogP contribution is -2.22. The largest absolute Gasteiger partial charge is 0.352 e. The summed E-state index contributed by atoms with van der Waals surface area (Å²) >= 11 is 6.02. The number of nitrogens with one attached hydrogen (secondary N) is 1. The van der Waals surface area contributed by atoms with E-state index in [2.05, 4.69) is 15.4 Å². The number of rotatable bonds is 2. The second-order valence-corrected chi connectivity index (χ2v) is 4.12. The summed E-state index contributed by atoms with van der Waals surface area (Å²) in [6, 6.07) is 0. The Balaban J connectivity index is 2.65. The van der Waals surface area contributed by atoms with Crippen molar-refractivity contribution in [2.45, 2.75) is 20.8 Å². The van der Waals surface area contributed by atoms with Crippen LogP contribution in [-0.4, -0.2) is 27.0 Å². The Labute approximate surface area is 104 Å². The van der Waals surface area contributed by atoms with Crippen molar-refractivity contribution in [3.8, 4) is 0 Å². The Morgan fingerprint density at radius 3 is 2.88 bits per heavy atom. The number of aromatic nitrogens is 3. The van der Waals surface area contributed by atoms with E-state index in [1.165, 1.54) is 6.20 Å². The highest BCUT2D eigenvalue weighted by Crippen LogP contribution is 2.19. The number of carbonyl (C=O) groups excluding carboxylic acids is 1. The summed E-state index contributed by atoms with van der Waals surface area (Å²) in [5, 5.41) is 7.28. The van der Waals surface area contributed by atoms with Crippen molar-refractivity contribution in [2.24, 2.45) is 0 Å². The second kappa shape index (κ2) is 4.33. The molecule has 0 bridgehead atoms. The molecule has 2 rings (SSSR count). The Morgan fingerprint density at radius 1 is 1.53 bits per heavy atom. The van der Waals surface area contributed by atoms with E-state index in [-0.39, 0.29) is 5.91 Å². The molecule has 0 saturated heterocycles. The number of hydrogen-bond acceptors (Lipinski definition) is 3. The summed E-state index contributed by atoms with van der Waals surface area (Å²) in [5.41, 5.74) is 2.68. The van der Waals surface area contributed by atoms with Crippen molar-refractivity contribution in [1.29, 1.82) is 0 Å². The van der Waals surface area contributed by atoms with E-state index < -0.39 is 0 Å². The van der Waals surface area contributed by atoms with Gasteiger partial charge in [-0.15, -0.1) is 0 Å². The monoisotopic (exact) mass is 252 g/mol. The average molecular weight is 253 g/mol. The van der Waals surface area contributed by atoms with E-state index in [0.717, 1.165) is 11.3 Å². The predicted octanol–water partition coefficient (Wildman–Crippen LogP) is 1.75. The minimum atomic E-state index is -0.186. The number of halogens is 1. The first-order chi connectivity index (χ1) is 8.06.